The zero-order valence-electron chi connectivity index (χ0n) is 17.2. The van der Waals surface area contributed by atoms with E-state index in [0.29, 0.717) is 23.3 Å². The number of ether oxygens (including phenoxy) is 3. The molecule has 0 amide bonds. The third-order valence-electron chi connectivity index (χ3n) is 4.55. The van der Waals surface area contributed by atoms with Crippen LogP contribution in [-0.4, -0.2) is 62.8 Å². The molecule has 0 radical (unpaired) electrons. The second-order valence-electron chi connectivity index (χ2n) is 6.67. The van der Waals surface area contributed by atoms with E-state index in [2.05, 4.69) is 27.2 Å². The molecule has 1 saturated heterocycles. The van der Waals surface area contributed by atoms with Gasteiger partial charge in [0.2, 0.25) is 0 Å². The first kappa shape index (κ1) is 22.1. The lowest BCUT2D eigenvalue weighted by molar-refractivity contribution is 0.0321. The van der Waals surface area contributed by atoms with E-state index in [1.165, 1.54) is 17.3 Å². The summed E-state index contributed by atoms with van der Waals surface area (Å²) >= 11 is 1.45. The smallest absolute Gasteiger partial charge is 0.180 e. The molecule has 0 aromatic heterocycles. The maximum Gasteiger partial charge on any atom is 0.180 e. The average Bonchev–Trinajstić information content (AvgIpc) is 2.79. The lowest BCUT2D eigenvalue weighted by Gasteiger charge is -2.26. The van der Waals surface area contributed by atoms with E-state index in [-0.39, 0.29) is 0 Å². The number of nitrogens with zero attached hydrogens (tertiary/aromatic N) is 3. The summed E-state index contributed by atoms with van der Waals surface area (Å²) in [5, 5.41) is 8.59. The summed E-state index contributed by atoms with van der Waals surface area (Å²) in [6, 6.07) is 15.8. The van der Waals surface area contributed by atoms with Crippen LogP contribution in [-0.2, 0) is 10.5 Å². The lowest BCUT2D eigenvalue weighted by atomic mass is 10.2. The van der Waals surface area contributed by atoms with Gasteiger partial charge in [-0.1, -0.05) is 42.1 Å². The predicted octanol–water partition coefficient (Wildman–Crippen LogP) is 2.99. The second-order valence-corrected chi connectivity index (χ2v) is 7.67. The molecule has 0 unspecified atom stereocenters. The normalized spacial score (nSPS) is 15.4. The molecule has 1 heterocycles. The third-order valence-corrected chi connectivity index (χ3v) is 5.40. The highest BCUT2D eigenvalue weighted by molar-refractivity contribution is 8.13. The van der Waals surface area contributed by atoms with Gasteiger partial charge in [0, 0.05) is 25.4 Å². The van der Waals surface area contributed by atoms with Crippen molar-refractivity contribution in [2.24, 2.45) is 15.9 Å². The number of hydrogen-bond donors (Lipinski definition) is 1. The molecule has 1 fully saturated rings. The summed E-state index contributed by atoms with van der Waals surface area (Å²) in [5.74, 6) is 2.13. The predicted molar refractivity (Wildman–Crippen MR) is 123 cm³/mol. The van der Waals surface area contributed by atoms with Crippen LogP contribution in [0.2, 0.25) is 0 Å². The van der Waals surface area contributed by atoms with Crippen molar-refractivity contribution in [1.82, 2.24) is 4.90 Å². The Kier molecular flexibility index (Phi) is 9.02. The first-order valence-corrected chi connectivity index (χ1v) is 10.9. The lowest BCUT2D eigenvalue weighted by Crippen LogP contribution is -2.38. The Labute approximate surface area is 181 Å². The molecule has 0 aliphatic carbocycles. The number of rotatable bonds is 9. The van der Waals surface area contributed by atoms with Crippen LogP contribution in [0.15, 0.2) is 58.7 Å². The van der Waals surface area contributed by atoms with Gasteiger partial charge in [-0.25, -0.2) is 0 Å². The highest BCUT2D eigenvalue weighted by Gasteiger charge is 2.11. The van der Waals surface area contributed by atoms with Crippen LogP contribution in [0.4, 0.5) is 0 Å². The largest absolute Gasteiger partial charge is 0.493 e. The molecule has 7 nitrogen and oxygen atoms in total. The standard InChI is InChI=1S/C22H28N4O3S/c1-27-20-8-7-19(15-21(20)29-14-11-26-9-12-28-13-10-26)16-24-25-22(23)30-17-18-5-3-2-4-6-18/h2-8,15-16H,9-14,17H2,1H3,(H2,23,25). The molecule has 3 rings (SSSR count). The average molecular weight is 429 g/mol. The quantitative estimate of drug-likeness (QED) is 0.376. The van der Waals surface area contributed by atoms with E-state index in [4.69, 9.17) is 19.9 Å². The van der Waals surface area contributed by atoms with Crippen LogP contribution < -0.4 is 15.2 Å². The molecular formula is C22H28N4O3S. The number of morpholine rings is 1. The van der Waals surface area contributed by atoms with Crippen molar-refractivity contribution in [2.45, 2.75) is 5.75 Å². The van der Waals surface area contributed by atoms with Gasteiger partial charge in [-0.2, -0.15) is 5.10 Å². The summed E-state index contributed by atoms with van der Waals surface area (Å²) in [4.78, 5) is 2.33. The number of methoxy groups -OCH3 is 1. The molecule has 8 heteroatoms. The van der Waals surface area contributed by atoms with Crippen molar-refractivity contribution < 1.29 is 14.2 Å². The molecule has 1 aliphatic heterocycles. The summed E-state index contributed by atoms with van der Waals surface area (Å²) in [5.41, 5.74) is 7.99. The van der Waals surface area contributed by atoms with Crippen molar-refractivity contribution in [3.05, 3.63) is 59.7 Å². The van der Waals surface area contributed by atoms with Crippen molar-refractivity contribution >= 4 is 23.1 Å². The van der Waals surface area contributed by atoms with Gasteiger partial charge >= 0.3 is 0 Å². The van der Waals surface area contributed by atoms with Crippen molar-refractivity contribution in [3.63, 3.8) is 0 Å². The number of hydrogen-bond acceptors (Lipinski definition) is 7. The third kappa shape index (κ3) is 7.37. The zero-order chi connectivity index (χ0) is 21.0. The molecule has 160 valence electrons. The minimum absolute atomic E-state index is 0.422. The fraction of sp³-hybridized carbons (Fsp3) is 0.364. The van der Waals surface area contributed by atoms with Gasteiger partial charge in [0.25, 0.3) is 0 Å². The minimum atomic E-state index is 0.422. The Morgan fingerprint density at radius 2 is 1.97 bits per heavy atom. The van der Waals surface area contributed by atoms with E-state index in [1.807, 2.05) is 36.4 Å². The highest BCUT2D eigenvalue weighted by atomic mass is 32.2. The Morgan fingerprint density at radius 1 is 1.17 bits per heavy atom. The van der Waals surface area contributed by atoms with E-state index in [9.17, 15) is 0 Å². The van der Waals surface area contributed by atoms with E-state index < -0.39 is 0 Å². The van der Waals surface area contributed by atoms with Gasteiger partial charge in [-0.15, -0.1) is 5.10 Å². The molecule has 2 aromatic rings. The SMILES string of the molecule is COc1ccc(C=NN=C(N)SCc2ccccc2)cc1OCCN1CCOCC1. The van der Waals surface area contributed by atoms with Crippen molar-refractivity contribution in [1.29, 1.82) is 0 Å². The molecule has 0 saturated carbocycles. The fourth-order valence-electron chi connectivity index (χ4n) is 2.91. The zero-order valence-corrected chi connectivity index (χ0v) is 18.0. The maximum atomic E-state index is 5.95. The van der Waals surface area contributed by atoms with Crippen LogP contribution in [0.5, 0.6) is 11.5 Å². The molecule has 1 aliphatic rings. The van der Waals surface area contributed by atoms with Gasteiger partial charge in [0.15, 0.2) is 16.7 Å². The number of thioether (sulfide) groups is 1. The molecule has 2 N–H and O–H groups in total. The van der Waals surface area contributed by atoms with Crippen molar-refractivity contribution in [2.75, 3.05) is 46.6 Å². The maximum absolute atomic E-state index is 5.95. The number of nitrogens with two attached hydrogens (primary N) is 1. The first-order valence-electron chi connectivity index (χ1n) is 9.89. The van der Waals surface area contributed by atoms with Crippen LogP contribution in [0.1, 0.15) is 11.1 Å². The van der Waals surface area contributed by atoms with Gasteiger partial charge < -0.3 is 19.9 Å². The van der Waals surface area contributed by atoms with Crippen LogP contribution >= 0.6 is 11.8 Å². The summed E-state index contributed by atoms with van der Waals surface area (Å²) in [6.45, 7) is 4.87. The molecule has 2 aromatic carbocycles. The monoisotopic (exact) mass is 428 g/mol. The van der Waals surface area contributed by atoms with Crippen LogP contribution in [0.25, 0.3) is 0 Å². The topological polar surface area (TPSA) is 81.7 Å². The summed E-state index contributed by atoms with van der Waals surface area (Å²) in [6.07, 6.45) is 1.66. The van der Waals surface area contributed by atoms with Gasteiger partial charge in [-0.3, -0.25) is 4.90 Å². The van der Waals surface area contributed by atoms with Crippen molar-refractivity contribution in [3.8, 4) is 11.5 Å². The minimum Gasteiger partial charge on any atom is -0.493 e. The Balaban J connectivity index is 1.52. The molecule has 0 bridgehead atoms. The van der Waals surface area contributed by atoms with Gasteiger partial charge in [0.05, 0.1) is 26.5 Å². The number of amidine groups is 1. The highest BCUT2D eigenvalue weighted by Crippen LogP contribution is 2.27. The molecular weight excluding hydrogens is 400 g/mol. The van der Waals surface area contributed by atoms with Crippen LogP contribution in [0.3, 0.4) is 0 Å². The van der Waals surface area contributed by atoms with Gasteiger partial charge in [-0.05, 0) is 29.3 Å². The van der Waals surface area contributed by atoms with Gasteiger partial charge in [0.1, 0.15) is 6.61 Å². The van der Waals surface area contributed by atoms with Crippen LogP contribution in [0, 0.1) is 0 Å². The van der Waals surface area contributed by atoms with E-state index in [0.717, 1.165) is 44.2 Å². The van der Waals surface area contributed by atoms with E-state index in [1.54, 1.807) is 13.3 Å². The second kappa shape index (κ2) is 12.2. The first-order chi connectivity index (χ1) is 14.7. The Morgan fingerprint density at radius 3 is 2.73 bits per heavy atom. The fourth-order valence-corrected chi connectivity index (χ4v) is 3.52. The number of benzene rings is 2. The molecule has 30 heavy (non-hydrogen) atoms. The summed E-state index contributed by atoms with van der Waals surface area (Å²) in [7, 11) is 1.63. The molecule has 0 atom stereocenters. The Bertz CT molecular complexity index is 840. The summed E-state index contributed by atoms with van der Waals surface area (Å²) < 4.78 is 16.7. The molecule has 0 spiro atoms. The van der Waals surface area contributed by atoms with E-state index >= 15 is 0 Å². The Hall–Kier alpha value is -2.55.